The Morgan fingerprint density at radius 2 is 1.24 bits per heavy atom. The van der Waals surface area contributed by atoms with Crippen LogP contribution in [0.25, 0.3) is 0 Å². The molecule has 0 spiro atoms. The SMILES string of the molecule is C[C@H](O)CN1CCN(Cc2ccccc2O)CCN(C[C@H](C)O)CC1. The van der Waals surface area contributed by atoms with Gasteiger partial charge in [-0.25, -0.2) is 0 Å². The highest BCUT2D eigenvalue weighted by molar-refractivity contribution is 5.31. The van der Waals surface area contributed by atoms with E-state index in [-0.39, 0.29) is 12.2 Å². The van der Waals surface area contributed by atoms with Crippen LogP contribution in [0.1, 0.15) is 19.4 Å². The molecular formula is C19H33N3O3. The fourth-order valence-electron chi connectivity index (χ4n) is 3.34. The average Bonchev–Trinajstić information content (AvgIpc) is 2.62. The van der Waals surface area contributed by atoms with Crippen LogP contribution < -0.4 is 0 Å². The van der Waals surface area contributed by atoms with Crippen molar-refractivity contribution in [2.75, 3.05) is 52.4 Å². The van der Waals surface area contributed by atoms with Crippen molar-refractivity contribution in [2.24, 2.45) is 0 Å². The van der Waals surface area contributed by atoms with E-state index in [2.05, 4.69) is 14.7 Å². The van der Waals surface area contributed by atoms with E-state index in [1.165, 1.54) is 0 Å². The molecule has 142 valence electrons. The van der Waals surface area contributed by atoms with Crippen molar-refractivity contribution >= 4 is 0 Å². The summed E-state index contributed by atoms with van der Waals surface area (Å²) in [4.78, 5) is 6.90. The molecule has 1 fully saturated rings. The Balaban J connectivity index is 2.04. The summed E-state index contributed by atoms with van der Waals surface area (Å²) in [7, 11) is 0. The normalized spacial score (nSPS) is 21.3. The first-order valence-corrected chi connectivity index (χ1v) is 9.24. The van der Waals surface area contributed by atoms with Gasteiger partial charge in [-0.3, -0.25) is 14.7 Å². The van der Waals surface area contributed by atoms with Crippen molar-refractivity contribution in [2.45, 2.75) is 32.6 Å². The molecule has 2 rings (SSSR count). The zero-order valence-electron chi connectivity index (χ0n) is 15.5. The predicted octanol–water partition coefficient (Wildman–Crippen LogP) is 0.573. The molecule has 0 bridgehead atoms. The van der Waals surface area contributed by atoms with E-state index in [1.807, 2.05) is 32.0 Å². The van der Waals surface area contributed by atoms with Gasteiger partial charge in [0.25, 0.3) is 0 Å². The lowest BCUT2D eigenvalue weighted by Gasteiger charge is -2.27. The van der Waals surface area contributed by atoms with Crippen LogP contribution in [0.5, 0.6) is 5.75 Å². The minimum absolute atomic E-state index is 0.337. The van der Waals surface area contributed by atoms with Gasteiger partial charge in [-0.05, 0) is 19.9 Å². The number of β-amino-alcohol motifs (C(OH)–C–C–N with tert-alkyl or cyclic N) is 2. The quantitative estimate of drug-likeness (QED) is 0.696. The van der Waals surface area contributed by atoms with E-state index < -0.39 is 0 Å². The van der Waals surface area contributed by atoms with Gasteiger partial charge in [0.1, 0.15) is 5.75 Å². The van der Waals surface area contributed by atoms with E-state index in [0.29, 0.717) is 25.4 Å². The van der Waals surface area contributed by atoms with Crippen LogP contribution in [-0.2, 0) is 6.54 Å². The fraction of sp³-hybridized carbons (Fsp3) is 0.684. The molecule has 1 aliphatic heterocycles. The van der Waals surface area contributed by atoms with Crippen LogP contribution in [0.3, 0.4) is 0 Å². The van der Waals surface area contributed by atoms with Gasteiger partial charge in [-0.1, -0.05) is 18.2 Å². The molecule has 6 heteroatoms. The van der Waals surface area contributed by atoms with Crippen LogP contribution in [0, 0.1) is 0 Å². The molecule has 0 radical (unpaired) electrons. The fourth-order valence-corrected chi connectivity index (χ4v) is 3.34. The van der Waals surface area contributed by atoms with E-state index in [1.54, 1.807) is 6.07 Å². The maximum atomic E-state index is 10.1. The molecule has 0 unspecified atom stereocenters. The van der Waals surface area contributed by atoms with E-state index in [9.17, 15) is 15.3 Å². The molecule has 1 aromatic rings. The number of phenolic OH excluding ortho intramolecular Hbond substituents is 1. The number of hydrogen-bond acceptors (Lipinski definition) is 6. The first-order chi connectivity index (χ1) is 11.9. The highest BCUT2D eigenvalue weighted by Crippen LogP contribution is 2.18. The van der Waals surface area contributed by atoms with Crippen LogP contribution in [0.2, 0.25) is 0 Å². The second-order valence-corrected chi connectivity index (χ2v) is 7.20. The minimum Gasteiger partial charge on any atom is -0.508 e. The number of benzene rings is 1. The molecule has 0 saturated carbocycles. The summed E-state index contributed by atoms with van der Waals surface area (Å²) in [6, 6.07) is 7.48. The maximum Gasteiger partial charge on any atom is 0.120 e. The summed E-state index contributed by atoms with van der Waals surface area (Å²) in [5, 5.41) is 29.5. The average molecular weight is 351 g/mol. The van der Waals surface area contributed by atoms with Gasteiger partial charge in [-0.15, -0.1) is 0 Å². The van der Waals surface area contributed by atoms with Gasteiger partial charge < -0.3 is 15.3 Å². The summed E-state index contributed by atoms with van der Waals surface area (Å²) in [6.45, 7) is 11.0. The van der Waals surface area contributed by atoms with Crippen molar-refractivity contribution in [3.8, 4) is 5.75 Å². The van der Waals surface area contributed by atoms with Gasteiger partial charge in [-0.2, -0.15) is 0 Å². The zero-order valence-corrected chi connectivity index (χ0v) is 15.5. The van der Waals surface area contributed by atoms with Crippen LogP contribution in [-0.4, -0.2) is 94.6 Å². The zero-order chi connectivity index (χ0) is 18.2. The molecule has 0 amide bonds. The second kappa shape index (κ2) is 10.1. The summed E-state index contributed by atoms with van der Waals surface area (Å²) in [6.07, 6.45) is -0.699. The van der Waals surface area contributed by atoms with Gasteiger partial charge >= 0.3 is 0 Å². The highest BCUT2D eigenvalue weighted by Gasteiger charge is 2.19. The minimum atomic E-state index is -0.349. The van der Waals surface area contributed by atoms with Gasteiger partial charge in [0.15, 0.2) is 0 Å². The molecule has 1 aliphatic rings. The Bertz CT molecular complexity index is 488. The Morgan fingerprint density at radius 3 is 1.68 bits per heavy atom. The number of aromatic hydroxyl groups is 1. The number of para-hydroxylation sites is 1. The van der Waals surface area contributed by atoms with Gasteiger partial charge in [0.05, 0.1) is 12.2 Å². The summed E-state index contributed by atoms with van der Waals surface area (Å²) < 4.78 is 0. The standard InChI is InChI=1S/C19H33N3O3/c1-16(23)13-20-7-8-21(14-17(2)24)10-12-22(11-9-20)15-18-5-3-4-6-19(18)25/h3-6,16-17,23-25H,7-15H2,1-2H3/t16-,17-/m0/s1. The van der Waals surface area contributed by atoms with E-state index in [0.717, 1.165) is 44.8 Å². The number of phenols is 1. The number of hydrogen-bond donors (Lipinski definition) is 3. The van der Waals surface area contributed by atoms with E-state index >= 15 is 0 Å². The Labute approximate surface area is 151 Å². The van der Waals surface area contributed by atoms with Crippen LogP contribution in [0.4, 0.5) is 0 Å². The Kier molecular flexibility index (Phi) is 8.12. The largest absolute Gasteiger partial charge is 0.508 e. The molecule has 1 heterocycles. The summed E-state index contributed by atoms with van der Waals surface area (Å²) in [5.41, 5.74) is 0.936. The Morgan fingerprint density at radius 1 is 0.800 bits per heavy atom. The number of aliphatic hydroxyl groups excluding tert-OH is 2. The molecule has 2 atom stereocenters. The molecule has 25 heavy (non-hydrogen) atoms. The lowest BCUT2D eigenvalue weighted by molar-refractivity contribution is 0.102. The highest BCUT2D eigenvalue weighted by atomic mass is 16.3. The van der Waals surface area contributed by atoms with Crippen molar-refractivity contribution in [1.29, 1.82) is 0 Å². The van der Waals surface area contributed by atoms with Crippen molar-refractivity contribution < 1.29 is 15.3 Å². The van der Waals surface area contributed by atoms with Gasteiger partial charge in [0, 0.05) is 64.5 Å². The monoisotopic (exact) mass is 351 g/mol. The molecule has 6 nitrogen and oxygen atoms in total. The third-order valence-corrected chi connectivity index (χ3v) is 4.63. The first-order valence-electron chi connectivity index (χ1n) is 9.24. The molecule has 1 aromatic carbocycles. The molecule has 0 aromatic heterocycles. The molecule has 0 aliphatic carbocycles. The number of rotatable bonds is 6. The lowest BCUT2D eigenvalue weighted by Crippen LogP contribution is -2.41. The van der Waals surface area contributed by atoms with Gasteiger partial charge in [0.2, 0.25) is 0 Å². The smallest absolute Gasteiger partial charge is 0.120 e. The predicted molar refractivity (Wildman–Crippen MR) is 99.6 cm³/mol. The third kappa shape index (κ3) is 7.30. The topological polar surface area (TPSA) is 70.4 Å². The maximum absolute atomic E-state index is 10.1. The first kappa shape index (κ1) is 20.1. The number of nitrogens with zero attached hydrogens (tertiary/aromatic N) is 3. The second-order valence-electron chi connectivity index (χ2n) is 7.20. The van der Waals surface area contributed by atoms with Crippen LogP contribution in [0.15, 0.2) is 24.3 Å². The number of aliphatic hydroxyl groups is 2. The lowest BCUT2D eigenvalue weighted by atomic mass is 10.2. The van der Waals surface area contributed by atoms with E-state index in [4.69, 9.17) is 0 Å². The van der Waals surface area contributed by atoms with Crippen molar-refractivity contribution in [3.63, 3.8) is 0 Å². The molecular weight excluding hydrogens is 318 g/mol. The Hall–Kier alpha value is -1.18. The van der Waals surface area contributed by atoms with Crippen molar-refractivity contribution in [1.82, 2.24) is 14.7 Å². The third-order valence-electron chi connectivity index (χ3n) is 4.63. The summed E-state index contributed by atoms with van der Waals surface area (Å²) in [5.74, 6) is 0.337. The molecule has 1 saturated heterocycles. The summed E-state index contributed by atoms with van der Waals surface area (Å²) >= 11 is 0. The molecule has 3 N–H and O–H groups in total. The van der Waals surface area contributed by atoms with Crippen LogP contribution >= 0.6 is 0 Å². The van der Waals surface area contributed by atoms with Crippen molar-refractivity contribution in [3.05, 3.63) is 29.8 Å².